The van der Waals surface area contributed by atoms with Crippen LogP contribution in [0.5, 0.6) is 11.5 Å². The van der Waals surface area contributed by atoms with Crippen LogP contribution < -0.4 is 9.47 Å². The number of hydrogen-bond acceptors (Lipinski definition) is 6. The van der Waals surface area contributed by atoms with Crippen LogP contribution in [0.3, 0.4) is 0 Å². The monoisotopic (exact) mass is 485 g/mol. The van der Waals surface area contributed by atoms with Crippen LogP contribution in [0.15, 0.2) is 65.4 Å². The summed E-state index contributed by atoms with van der Waals surface area (Å²) in [6.45, 7) is 1.76. The van der Waals surface area contributed by atoms with E-state index < -0.39 is 5.97 Å². The number of aryl methyl sites for hydroxylation is 1. The van der Waals surface area contributed by atoms with Crippen LogP contribution >= 0.6 is 22.7 Å². The summed E-state index contributed by atoms with van der Waals surface area (Å²) in [6, 6.07) is 16.9. The second-order valence-corrected chi connectivity index (χ2v) is 8.99. The number of benzene rings is 1. The van der Waals surface area contributed by atoms with Gasteiger partial charge in [0.1, 0.15) is 29.5 Å². The Labute approximate surface area is 205 Å². The number of carboxylic acid groups (broad SMARTS) is 1. The first kappa shape index (κ1) is 23.1. The number of aromatic nitrogens is 1. The summed E-state index contributed by atoms with van der Waals surface area (Å²) >= 11 is 3.16. The molecular weight excluding hydrogens is 466 g/mol. The lowest BCUT2D eigenvalue weighted by molar-refractivity contribution is -0.139. The van der Waals surface area contributed by atoms with Gasteiger partial charge in [0.2, 0.25) is 0 Å². The quantitative estimate of drug-likeness (QED) is 0.373. The summed E-state index contributed by atoms with van der Waals surface area (Å²) < 4.78 is 11.2. The van der Waals surface area contributed by atoms with Gasteiger partial charge in [0.05, 0.1) is 9.75 Å². The van der Waals surface area contributed by atoms with Crippen molar-refractivity contribution in [3.8, 4) is 35.2 Å². The van der Waals surface area contributed by atoms with Gasteiger partial charge in [-0.1, -0.05) is 12.1 Å². The van der Waals surface area contributed by atoms with E-state index in [1.165, 1.54) is 0 Å². The molecule has 0 saturated heterocycles. The van der Waals surface area contributed by atoms with Crippen molar-refractivity contribution in [1.82, 2.24) is 4.98 Å². The zero-order valence-corrected chi connectivity index (χ0v) is 19.8. The number of carbonyl (C=O) groups is 1. The highest BCUT2D eigenvalue weighted by Crippen LogP contribution is 2.24. The van der Waals surface area contributed by atoms with Gasteiger partial charge in [-0.2, -0.15) is 0 Å². The smallest absolute Gasteiger partial charge is 0.341 e. The third-order valence-electron chi connectivity index (χ3n) is 4.46. The lowest BCUT2D eigenvalue weighted by atomic mass is 10.2. The van der Waals surface area contributed by atoms with E-state index in [1.807, 2.05) is 60.1 Å². The lowest BCUT2D eigenvalue weighted by Gasteiger charge is -2.11. The van der Waals surface area contributed by atoms with Gasteiger partial charge in [-0.3, -0.25) is 0 Å². The fourth-order valence-corrected chi connectivity index (χ4v) is 4.07. The largest absolute Gasteiger partial charge is 0.489 e. The van der Waals surface area contributed by atoms with Crippen LogP contribution in [0.1, 0.15) is 32.3 Å². The molecule has 0 atom stereocenters. The van der Waals surface area contributed by atoms with Crippen molar-refractivity contribution in [2.75, 3.05) is 6.61 Å². The standard InChI is InChI=1S/C27H19NO4S2/c1-19-14-23(8-11-26(19)32-18-27(29)30)31-17-20-15-21(6-9-24-4-2-12-33-24)28-22(16-20)7-10-25-5-3-13-34-25/h2-5,8,11-16H,17-18H2,1H3,(H,29,30). The molecule has 7 heteroatoms. The minimum atomic E-state index is -1.02. The molecule has 0 radical (unpaired) electrons. The summed E-state index contributed by atoms with van der Waals surface area (Å²) in [6.07, 6.45) is 0. The van der Waals surface area contributed by atoms with E-state index in [0.717, 1.165) is 20.9 Å². The number of pyridine rings is 1. The molecule has 0 spiro atoms. The number of ether oxygens (including phenoxy) is 2. The van der Waals surface area contributed by atoms with E-state index >= 15 is 0 Å². The Morgan fingerprint density at radius 1 is 0.912 bits per heavy atom. The molecule has 1 N–H and O–H groups in total. The van der Waals surface area contributed by atoms with E-state index in [4.69, 9.17) is 14.6 Å². The van der Waals surface area contributed by atoms with Crippen molar-refractivity contribution in [1.29, 1.82) is 0 Å². The van der Waals surface area contributed by atoms with E-state index in [2.05, 4.69) is 28.7 Å². The number of carboxylic acids is 1. The molecule has 0 bridgehead atoms. The van der Waals surface area contributed by atoms with Gasteiger partial charge in [-0.25, -0.2) is 9.78 Å². The zero-order chi connectivity index (χ0) is 23.8. The molecule has 3 aromatic heterocycles. The summed E-state index contributed by atoms with van der Waals surface area (Å²) in [5.41, 5.74) is 2.93. The molecule has 4 rings (SSSR count). The molecule has 34 heavy (non-hydrogen) atoms. The average molecular weight is 486 g/mol. The van der Waals surface area contributed by atoms with Crippen LogP contribution in [0.4, 0.5) is 0 Å². The maximum atomic E-state index is 10.7. The first-order chi connectivity index (χ1) is 16.5. The summed E-state index contributed by atoms with van der Waals surface area (Å²) in [5, 5.41) is 12.8. The Morgan fingerprint density at radius 3 is 2.09 bits per heavy atom. The minimum absolute atomic E-state index is 0.304. The highest BCUT2D eigenvalue weighted by atomic mass is 32.1. The molecule has 0 aliphatic rings. The Bertz CT molecular complexity index is 1330. The first-order valence-corrected chi connectivity index (χ1v) is 12.0. The van der Waals surface area contributed by atoms with Gasteiger partial charge in [0.15, 0.2) is 6.61 Å². The third kappa shape index (κ3) is 6.73. The fourth-order valence-electron chi connectivity index (χ4n) is 2.93. The predicted octanol–water partition coefficient (Wildman–Crippen LogP) is 5.36. The molecule has 3 heterocycles. The number of rotatable bonds is 6. The van der Waals surface area contributed by atoms with Crippen molar-refractivity contribution < 1.29 is 19.4 Å². The van der Waals surface area contributed by atoms with E-state index in [-0.39, 0.29) is 6.61 Å². The first-order valence-electron chi connectivity index (χ1n) is 10.3. The average Bonchev–Trinajstić information content (AvgIpc) is 3.54. The highest BCUT2D eigenvalue weighted by Gasteiger charge is 2.06. The summed E-state index contributed by atoms with van der Waals surface area (Å²) in [5.74, 6) is 12.7. The van der Waals surface area contributed by atoms with Crippen molar-refractivity contribution in [2.45, 2.75) is 13.5 Å². The molecule has 0 amide bonds. The van der Waals surface area contributed by atoms with E-state index in [0.29, 0.717) is 29.5 Å². The van der Waals surface area contributed by atoms with Crippen LogP contribution in [-0.2, 0) is 11.4 Å². The van der Waals surface area contributed by atoms with Gasteiger partial charge in [0, 0.05) is 0 Å². The SMILES string of the molecule is Cc1cc(OCc2cc(C#Cc3cccs3)nc(C#Cc3cccs3)c2)ccc1OCC(=O)O. The normalized spacial score (nSPS) is 9.91. The van der Waals surface area contributed by atoms with E-state index in [1.54, 1.807) is 34.8 Å². The molecule has 0 fully saturated rings. The van der Waals surface area contributed by atoms with Crippen LogP contribution in [0.25, 0.3) is 0 Å². The number of aliphatic carboxylic acids is 1. The van der Waals surface area contributed by atoms with Crippen LogP contribution in [0, 0.1) is 30.6 Å². The number of thiophene rings is 2. The summed E-state index contributed by atoms with van der Waals surface area (Å²) in [7, 11) is 0. The Kier molecular flexibility index (Phi) is 7.62. The highest BCUT2D eigenvalue weighted by molar-refractivity contribution is 7.10. The predicted molar refractivity (Wildman–Crippen MR) is 133 cm³/mol. The molecule has 0 saturated carbocycles. The third-order valence-corrected chi connectivity index (χ3v) is 6.03. The van der Waals surface area contributed by atoms with Gasteiger partial charge >= 0.3 is 5.97 Å². The molecule has 0 aliphatic carbocycles. The van der Waals surface area contributed by atoms with E-state index in [9.17, 15) is 4.79 Å². The molecule has 5 nitrogen and oxygen atoms in total. The molecule has 0 unspecified atom stereocenters. The van der Waals surface area contributed by atoms with Crippen molar-refractivity contribution in [2.24, 2.45) is 0 Å². The molecular formula is C27H19NO4S2. The Hall–Kier alpha value is -4.04. The minimum Gasteiger partial charge on any atom is -0.489 e. The Balaban J connectivity index is 1.54. The van der Waals surface area contributed by atoms with Gasteiger partial charge in [-0.15, -0.1) is 22.7 Å². The van der Waals surface area contributed by atoms with Gasteiger partial charge in [-0.05, 0) is 95.0 Å². The fraction of sp³-hybridized carbons (Fsp3) is 0.111. The van der Waals surface area contributed by atoms with Gasteiger partial charge in [0.25, 0.3) is 0 Å². The summed E-state index contributed by atoms with van der Waals surface area (Å²) in [4.78, 5) is 17.2. The Morgan fingerprint density at radius 2 is 1.56 bits per heavy atom. The maximum Gasteiger partial charge on any atom is 0.341 e. The zero-order valence-electron chi connectivity index (χ0n) is 18.2. The van der Waals surface area contributed by atoms with Gasteiger partial charge < -0.3 is 14.6 Å². The van der Waals surface area contributed by atoms with Crippen LogP contribution in [0.2, 0.25) is 0 Å². The molecule has 168 valence electrons. The van der Waals surface area contributed by atoms with Crippen molar-refractivity contribution in [3.05, 3.63) is 97.6 Å². The number of hydrogen-bond donors (Lipinski definition) is 1. The topological polar surface area (TPSA) is 68.7 Å². The lowest BCUT2D eigenvalue weighted by Crippen LogP contribution is -2.10. The second kappa shape index (κ2) is 11.2. The number of nitrogens with zero attached hydrogens (tertiary/aromatic N) is 1. The van der Waals surface area contributed by atoms with Crippen molar-refractivity contribution in [3.63, 3.8) is 0 Å². The second-order valence-electron chi connectivity index (χ2n) is 7.10. The molecule has 1 aromatic carbocycles. The molecule has 0 aliphatic heterocycles. The maximum absolute atomic E-state index is 10.7. The van der Waals surface area contributed by atoms with Crippen molar-refractivity contribution >= 4 is 28.6 Å². The van der Waals surface area contributed by atoms with Crippen LogP contribution in [-0.4, -0.2) is 22.7 Å². The molecule has 4 aromatic rings.